The molecule has 1 aliphatic heterocycles. The quantitative estimate of drug-likeness (QED) is 0.849. The van der Waals surface area contributed by atoms with Gasteiger partial charge in [0.2, 0.25) is 0 Å². The molecule has 1 fully saturated rings. The Bertz CT molecular complexity index is 490. The topological polar surface area (TPSA) is 50.4 Å². The van der Waals surface area contributed by atoms with Gasteiger partial charge in [0.15, 0.2) is 6.61 Å². The van der Waals surface area contributed by atoms with Crippen LogP contribution in [0.5, 0.6) is 5.75 Å². The number of rotatable bonds is 6. The van der Waals surface area contributed by atoms with Crippen molar-refractivity contribution in [1.82, 2.24) is 10.6 Å². The van der Waals surface area contributed by atoms with Crippen molar-refractivity contribution in [3.63, 3.8) is 0 Å². The molecule has 3 atom stereocenters. The molecule has 1 saturated heterocycles. The van der Waals surface area contributed by atoms with Gasteiger partial charge in [-0.1, -0.05) is 32.0 Å². The summed E-state index contributed by atoms with van der Waals surface area (Å²) in [6.45, 7) is 7.54. The Labute approximate surface area is 133 Å². The van der Waals surface area contributed by atoms with Crippen LogP contribution in [0.1, 0.15) is 51.5 Å². The third-order valence-electron chi connectivity index (χ3n) is 4.41. The van der Waals surface area contributed by atoms with Crippen molar-refractivity contribution < 1.29 is 9.53 Å². The van der Waals surface area contributed by atoms with Crippen molar-refractivity contribution >= 4 is 5.91 Å². The minimum atomic E-state index is -0.0296. The fourth-order valence-corrected chi connectivity index (χ4v) is 2.91. The van der Waals surface area contributed by atoms with Gasteiger partial charge >= 0.3 is 0 Å². The van der Waals surface area contributed by atoms with Crippen molar-refractivity contribution in [3.8, 4) is 5.75 Å². The van der Waals surface area contributed by atoms with Crippen molar-refractivity contribution in [3.05, 3.63) is 29.8 Å². The van der Waals surface area contributed by atoms with Crippen LogP contribution >= 0.6 is 0 Å². The highest BCUT2D eigenvalue weighted by atomic mass is 16.5. The average Bonchev–Trinajstić information content (AvgIpc) is 2.52. The summed E-state index contributed by atoms with van der Waals surface area (Å²) in [5.41, 5.74) is 1.17. The first-order valence-corrected chi connectivity index (χ1v) is 8.34. The average molecular weight is 304 g/mol. The number of ether oxygens (including phenoxy) is 1. The molecular weight excluding hydrogens is 276 g/mol. The molecule has 2 rings (SSSR count). The predicted octanol–water partition coefficient (Wildman–Crippen LogP) is 2.84. The fraction of sp³-hybridized carbons (Fsp3) is 0.611. The van der Waals surface area contributed by atoms with Gasteiger partial charge in [-0.2, -0.15) is 0 Å². The van der Waals surface area contributed by atoms with E-state index >= 15 is 0 Å². The molecule has 4 heteroatoms. The minimum Gasteiger partial charge on any atom is -0.483 e. The fourth-order valence-electron chi connectivity index (χ4n) is 2.91. The van der Waals surface area contributed by atoms with E-state index in [-0.39, 0.29) is 18.6 Å². The van der Waals surface area contributed by atoms with Crippen molar-refractivity contribution in [2.24, 2.45) is 0 Å². The molecule has 0 bridgehead atoms. The van der Waals surface area contributed by atoms with Gasteiger partial charge in [0.1, 0.15) is 5.75 Å². The highest BCUT2D eigenvalue weighted by Crippen LogP contribution is 2.28. The van der Waals surface area contributed by atoms with Crippen LogP contribution in [0, 0.1) is 0 Å². The van der Waals surface area contributed by atoms with Crippen LogP contribution in [-0.2, 0) is 4.79 Å². The van der Waals surface area contributed by atoms with Gasteiger partial charge < -0.3 is 15.4 Å². The molecule has 0 aliphatic carbocycles. The molecule has 122 valence electrons. The number of piperidine rings is 1. The molecule has 1 heterocycles. The lowest BCUT2D eigenvalue weighted by Gasteiger charge is -2.28. The molecule has 0 spiro atoms. The third-order valence-corrected chi connectivity index (χ3v) is 4.41. The largest absolute Gasteiger partial charge is 0.483 e. The minimum absolute atomic E-state index is 0.0296. The first-order valence-electron chi connectivity index (χ1n) is 8.34. The molecule has 4 nitrogen and oxygen atoms in total. The summed E-state index contributed by atoms with van der Waals surface area (Å²) in [6.07, 6.45) is 3.02. The summed E-state index contributed by atoms with van der Waals surface area (Å²) in [4.78, 5) is 12.1. The van der Waals surface area contributed by atoms with E-state index in [1.54, 1.807) is 0 Å². The Balaban J connectivity index is 1.86. The number of nitrogens with one attached hydrogen (secondary N) is 2. The molecule has 1 aromatic rings. The first kappa shape index (κ1) is 16.8. The maximum absolute atomic E-state index is 12.1. The standard InChI is InChI=1S/C18H28N2O2/c1-4-13(2)16-7-5-6-8-17(16)22-12-18(21)20-15-9-10-19-14(3)11-15/h5-8,13-15,19H,4,9-12H2,1-3H3,(H,20,21). The van der Waals surface area contributed by atoms with E-state index in [2.05, 4.69) is 37.5 Å². The van der Waals surface area contributed by atoms with Gasteiger partial charge in [0.25, 0.3) is 5.91 Å². The molecule has 0 radical (unpaired) electrons. The number of hydrogen-bond donors (Lipinski definition) is 2. The van der Waals surface area contributed by atoms with Crippen molar-refractivity contribution in [2.45, 2.75) is 58.0 Å². The van der Waals surface area contributed by atoms with Gasteiger partial charge in [-0.15, -0.1) is 0 Å². The highest BCUT2D eigenvalue weighted by Gasteiger charge is 2.20. The van der Waals surface area contributed by atoms with E-state index < -0.39 is 0 Å². The Morgan fingerprint density at radius 1 is 1.45 bits per heavy atom. The number of carbonyl (C=O) groups excluding carboxylic acids is 1. The third kappa shape index (κ3) is 4.73. The monoisotopic (exact) mass is 304 g/mol. The maximum atomic E-state index is 12.1. The number of para-hydroxylation sites is 1. The molecule has 3 unspecified atom stereocenters. The molecule has 0 saturated carbocycles. The molecule has 1 amide bonds. The van der Waals surface area contributed by atoms with E-state index in [0.717, 1.165) is 31.6 Å². The summed E-state index contributed by atoms with van der Waals surface area (Å²) >= 11 is 0. The summed E-state index contributed by atoms with van der Waals surface area (Å²) in [5, 5.41) is 6.47. The molecule has 0 aromatic heterocycles. The van der Waals surface area contributed by atoms with Gasteiger partial charge in [-0.25, -0.2) is 0 Å². The second kappa shape index (κ2) is 8.18. The number of carbonyl (C=O) groups is 1. The van der Waals surface area contributed by atoms with E-state index in [1.165, 1.54) is 5.56 Å². The lowest BCUT2D eigenvalue weighted by molar-refractivity contribution is -0.124. The first-order chi connectivity index (χ1) is 10.6. The van der Waals surface area contributed by atoms with Crippen LogP contribution in [0.25, 0.3) is 0 Å². The smallest absolute Gasteiger partial charge is 0.258 e. The van der Waals surface area contributed by atoms with E-state index in [9.17, 15) is 4.79 Å². The van der Waals surface area contributed by atoms with Gasteiger partial charge in [0.05, 0.1) is 0 Å². The SMILES string of the molecule is CCC(C)c1ccccc1OCC(=O)NC1CCNC(C)C1. The normalized spacial score (nSPS) is 22.9. The maximum Gasteiger partial charge on any atom is 0.258 e. The lowest BCUT2D eigenvalue weighted by atomic mass is 9.98. The summed E-state index contributed by atoms with van der Waals surface area (Å²) in [5.74, 6) is 1.23. The zero-order valence-electron chi connectivity index (χ0n) is 13.9. The zero-order chi connectivity index (χ0) is 15.9. The van der Waals surface area contributed by atoms with Gasteiger partial charge in [-0.05, 0) is 50.3 Å². The lowest BCUT2D eigenvalue weighted by Crippen LogP contribution is -2.47. The number of benzene rings is 1. The number of hydrogen-bond acceptors (Lipinski definition) is 3. The summed E-state index contributed by atoms with van der Waals surface area (Å²) in [6, 6.07) is 8.72. The van der Waals surface area contributed by atoms with E-state index in [4.69, 9.17) is 4.74 Å². The molecule has 22 heavy (non-hydrogen) atoms. The van der Waals surface area contributed by atoms with Gasteiger partial charge in [0, 0.05) is 12.1 Å². The van der Waals surface area contributed by atoms with Gasteiger partial charge in [-0.3, -0.25) is 4.79 Å². The number of amides is 1. The van der Waals surface area contributed by atoms with Crippen LogP contribution in [0.3, 0.4) is 0 Å². The Morgan fingerprint density at radius 3 is 2.95 bits per heavy atom. The Kier molecular flexibility index (Phi) is 6.25. The van der Waals surface area contributed by atoms with Crippen LogP contribution in [-0.4, -0.2) is 31.1 Å². The van der Waals surface area contributed by atoms with Crippen LogP contribution < -0.4 is 15.4 Å². The van der Waals surface area contributed by atoms with Crippen molar-refractivity contribution in [1.29, 1.82) is 0 Å². The van der Waals surface area contributed by atoms with E-state index in [1.807, 2.05) is 18.2 Å². The Morgan fingerprint density at radius 2 is 2.23 bits per heavy atom. The predicted molar refractivity (Wildman–Crippen MR) is 89.3 cm³/mol. The van der Waals surface area contributed by atoms with E-state index in [0.29, 0.717) is 12.0 Å². The Hall–Kier alpha value is -1.55. The highest BCUT2D eigenvalue weighted by molar-refractivity contribution is 5.77. The summed E-state index contributed by atoms with van der Waals surface area (Å²) in [7, 11) is 0. The van der Waals surface area contributed by atoms with Crippen molar-refractivity contribution in [2.75, 3.05) is 13.2 Å². The van der Waals surface area contributed by atoms with Crippen LogP contribution in [0.4, 0.5) is 0 Å². The second-order valence-corrected chi connectivity index (χ2v) is 6.28. The molecule has 1 aromatic carbocycles. The molecule has 2 N–H and O–H groups in total. The zero-order valence-corrected chi connectivity index (χ0v) is 13.9. The summed E-state index contributed by atoms with van der Waals surface area (Å²) < 4.78 is 5.76. The van der Waals surface area contributed by atoms with Crippen LogP contribution in [0.2, 0.25) is 0 Å². The molecular formula is C18H28N2O2. The van der Waals surface area contributed by atoms with Crippen LogP contribution in [0.15, 0.2) is 24.3 Å². The molecule has 1 aliphatic rings. The second-order valence-electron chi connectivity index (χ2n) is 6.28.